The van der Waals surface area contributed by atoms with Crippen LogP contribution in [0.3, 0.4) is 0 Å². The molecule has 1 atom stereocenters. The predicted octanol–water partition coefficient (Wildman–Crippen LogP) is 5.36. The van der Waals surface area contributed by atoms with E-state index >= 15 is 0 Å². The number of nitrogens with zero attached hydrogens (tertiary/aromatic N) is 1. The molecule has 0 aromatic heterocycles. The van der Waals surface area contributed by atoms with Crippen LogP contribution < -0.4 is 10.6 Å². The molecule has 3 aromatic carbocycles. The molecule has 0 saturated carbocycles. The summed E-state index contributed by atoms with van der Waals surface area (Å²) in [6.07, 6.45) is 8.51. The molecule has 0 amide bonds. The average molecular weight is 477 g/mol. The number of hydrogen-bond donors (Lipinski definition) is 2. The number of aldehydes is 1. The summed E-state index contributed by atoms with van der Waals surface area (Å²) >= 11 is 0. The fourth-order valence-electron chi connectivity index (χ4n) is 6.59. The molecule has 0 bridgehead atoms. The molecule has 1 heterocycles. The number of allylic oxidation sites excluding steroid dienone is 2. The first kappa shape index (κ1) is 22.4. The highest BCUT2D eigenvalue weighted by atomic mass is 16.4. The molecule has 6 rings (SSSR count). The van der Waals surface area contributed by atoms with Crippen LogP contribution in [0.5, 0.6) is 0 Å². The third-order valence-electron chi connectivity index (χ3n) is 8.04. The summed E-state index contributed by atoms with van der Waals surface area (Å²) in [7, 11) is 0. The summed E-state index contributed by atoms with van der Waals surface area (Å²) in [5.74, 6) is -0.899. The molecule has 180 valence electrons. The monoisotopic (exact) mass is 476 g/mol. The van der Waals surface area contributed by atoms with Crippen LogP contribution in [0, 0.1) is 0 Å². The third-order valence-corrected chi connectivity index (χ3v) is 8.04. The normalized spacial score (nSPS) is 20.1. The van der Waals surface area contributed by atoms with Crippen LogP contribution in [-0.4, -0.2) is 17.4 Å². The lowest BCUT2D eigenvalue weighted by atomic mass is 9.69. The topological polar surface area (TPSA) is 83.6 Å². The van der Waals surface area contributed by atoms with Crippen LogP contribution in [0.4, 0.5) is 5.69 Å². The maximum atomic E-state index is 12.5. The van der Waals surface area contributed by atoms with Gasteiger partial charge in [-0.1, -0.05) is 60.7 Å². The van der Waals surface area contributed by atoms with Gasteiger partial charge in [0, 0.05) is 5.69 Å². The SMILES string of the molecule is NC1=C(C=O)N(C2(CC(=O)O)CCCc3c2ccc2c3CCc3ccccc3-2)c2ccccc2C=C1. The number of carbonyl (C=O) groups is 2. The van der Waals surface area contributed by atoms with Crippen LogP contribution in [0.15, 0.2) is 78.1 Å². The number of carbonyl (C=O) groups excluding carboxylic acids is 1. The van der Waals surface area contributed by atoms with E-state index in [-0.39, 0.29) is 6.42 Å². The molecule has 0 saturated heterocycles. The minimum absolute atomic E-state index is 0.131. The number of benzene rings is 3. The highest BCUT2D eigenvalue weighted by molar-refractivity contribution is 5.89. The number of rotatable bonds is 4. The van der Waals surface area contributed by atoms with E-state index in [1.54, 1.807) is 6.08 Å². The Hall–Kier alpha value is -4.12. The van der Waals surface area contributed by atoms with Crippen LogP contribution in [0.1, 0.15) is 47.1 Å². The Balaban J connectivity index is 1.64. The highest BCUT2D eigenvalue weighted by Gasteiger charge is 2.47. The molecule has 0 radical (unpaired) electrons. The minimum Gasteiger partial charge on any atom is -0.481 e. The molecule has 2 aliphatic carbocycles. The van der Waals surface area contributed by atoms with Gasteiger partial charge in [0.05, 0.1) is 17.7 Å². The summed E-state index contributed by atoms with van der Waals surface area (Å²) in [6.45, 7) is 0. The molecule has 0 fully saturated rings. The van der Waals surface area contributed by atoms with E-state index in [9.17, 15) is 14.7 Å². The molecule has 36 heavy (non-hydrogen) atoms. The second kappa shape index (κ2) is 8.52. The molecule has 1 unspecified atom stereocenters. The molecular formula is C31H28N2O3. The van der Waals surface area contributed by atoms with Crippen molar-refractivity contribution in [3.63, 3.8) is 0 Å². The number of fused-ring (bicyclic) bond motifs is 6. The smallest absolute Gasteiger partial charge is 0.306 e. The summed E-state index contributed by atoms with van der Waals surface area (Å²) in [5.41, 5.74) is 15.2. The van der Waals surface area contributed by atoms with Crippen molar-refractivity contribution < 1.29 is 14.7 Å². The number of nitrogens with two attached hydrogens (primary N) is 1. The van der Waals surface area contributed by atoms with Crippen molar-refractivity contribution in [1.82, 2.24) is 0 Å². The lowest BCUT2D eigenvalue weighted by Crippen LogP contribution is -2.50. The number of hydrogen-bond acceptors (Lipinski definition) is 4. The number of aliphatic carboxylic acids is 1. The molecule has 1 aliphatic heterocycles. The molecule has 0 spiro atoms. The van der Waals surface area contributed by atoms with Gasteiger partial charge in [-0.05, 0) is 83.2 Å². The van der Waals surface area contributed by atoms with Crippen molar-refractivity contribution in [2.75, 3.05) is 4.90 Å². The minimum atomic E-state index is -0.936. The van der Waals surface area contributed by atoms with Crippen molar-refractivity contribution in [2.24, 2.45) is 5.73 Å². The van der Waals surface area contributed by atoms with Crippen molar-refractivity contribution in [3.05, 3.63) is 106 Å². The van der Waals surface area contributed by atoms with E-state index in [1.165, 1.54) is 27.8 Å². The number of para-hydroxylation sites is 1. The van der Waals surface area contributed by atoms with Crippen molar-refractivity contribution in [1.29, 1.82) is 0 Å². The second-order valence-corrected chi connectivity index (χ2v) is 9.92. The molecule has 5 heteroatoms. The molecule has 3 N–H and O–H groups in total. The van der Waals surface area contributed by atoms with E-state index in [2.05, 4.69) is 36.4 Å². The van der Waals surface area contributed by atoms with Gasteiger partial charge < -0.3 is 15.7 Å². The van der Waals surface area contributed by atoms with Gasteiger partial charge in [-0.2, -0.15) is 0 Å². The predicted molar refractivity (Wildman–Crippen MR) is 141 cm³/mol. The summed E-state index contributed by atoms with van der Waals surface area (Å²) in [4.78, 5) is 26.9. The first-order chi connectivity index (χ1) is 17.5. The Kier molecular flexibility index (Phi) is 5.29. The van der Waals surface area contributed by atoms with Crippen LogP contribution in [0.2, 0.25) is 0 Å². The summed E-state index contributed by atoms with van der Waals surface area (Å²) in [6, 6.07) is 20.6. The Morgan fingerprint density at radius 3 is 2.58 bits per heavy atom. The lowest BCUT2D eigenvalue weighted by Gasteiger charge is -2.49. The van der Waals surface area contributed by atoms with Gasteiger partial charge in [0.1, 0.15) is 5.70 Å². The van der Waals surface area contributed by atoms with Crippen LogP contribution in [-0.2, 0) is 34.4 Å². The Morgan fingerprint density at radius 2 is 1.75 bits per heavy atom. The van der Waals surface area contributed by atoms with Gasteiger partial charge in [0.15, 0.2) is 6.29 Å². The van der Waals surface area contributed by atoms with Crippen LogP contribution >= 0.6 is 0 Å². The van der Waals surface area contributed by atoms with Gasteiger partial charge in [-0.15, -0.1) is 0 Å². The zero-order valence-corrected chi connectivity index (χ0v) is 20.0. The Morgan fingerprint density at radius 1 is 0.944 bits per heavy atom. The Labute approximate surface area is 210 Å². The fraction of sp³-hybridized carbons (Fsp3) is 0.226. The quantitative estimate of drug-likeness (QED) is 0.495. The molecule has 3 aromatic rings. The number of anilines is 1. The highest BCUT2D eigenvalue weighted by Crippen LogP contribution is 2.51. The second-order valence-electron chi connectivity index (χ2n) is 9.92. The first-order valence-corrected chi connectivity index (χ1v) is 12.5. The summed E-state index contributed by atoms with van der Waals surface area (Å²) < 4.78 is 0. The third kappa shape index (κ3) is 3.30. The van der Waals surface area contributed by atoms with Gasteiger partial charge in [-0.25, -0.2) is 0 Å². The van der Waals surface area contributed by atoms with Crippen molar-refractivity contribution >= 4 is 24.0 Å². The molecule has 3 aliphatic rings. The van der Waals surface area contributed by atoms with Gasteiger partial charge in [-0.3, -0.25) is 9.59 Å². The van der Waals surface area contributed by atoms with E-state index < -0.39 is 11.5 Å². The van der Waals surface area contributed by atoms with E-state index in [0.29, 0.717) is 17.8 Å². The largest absolute Gasteiger partial charge is 0.481 e. The zero-order valence-electron chi connectivity index (χ0n) is 20.0. The molecule has 5 nitrogen and oxygen atoms in total. The fourth-order valence-corrected chi connectivity index (χ4v) is 6.59. The van der Waals surface area contributed by atoms with E-state index in [1.807, 2.05) is 35.2 Å². The number of carboxylic acids is 1. The van der Waals surface area contributed by atoms with E-state index in [4.69, 9.17) is 5.73 Å². The maximum Gasteiger partial charge on any atom is 0.306 e. The lowest BCUT2D eigenvalue weighted by molar-refractivity contribution is -0.138. The number of carboxylic acid groups (broad SMARTS) is 1. The maximum absolute atomic E-state index is 12.5. The summed E-state index contributed by atoms with van der Waals surface area (Å²) in [5, 5.41) is 10.2. The van der Waals surface area contributed by atoms with Gasteiger partial charge in [0.2, 0.25) is 0 Å². The van der Waals surface area contributed by atoms with Crippen LogP contribution in [0.25, 0.3) is 17.2 Å². The van der Waals surface area contributed by atoms with Crippen molar-refractivity contribution in [2.45, 2.75) is 44.1 Å². The average Bonchev–Trinajstić information content (AvgIpc) is 3.04. The van der Waals surface area contributed by atoms with Gasteiger partial charge in [0.25, 0.3) is 0 Å². The van der Waals surface area contributed by atoms with Crippen molar-refractivity contribution in [3.8, 4) is 11.1 Å². The standard InChI is InChI=1S/C31H28N2O3/c32-27-16-12-21-7-2-4-10-28(21)33(29(27)19-34)31(18-30(35)36)17-5-9-25-24-13-11-20-6-1-3-8-22(20)23(24)14-15-26(25)31/h1-4,6-8,10,12,14-16,19H,5,9,11,13,17-18,32H2,(H,35,36). The molecular weight excluding hydrogens is 448 g/mol. The first-order valence-electron chi connectivity index (χ1n) is 12.5. The van der Waals surface area contributed by atoms with Gasteiger partial charge >= 0.3 is 5.97 Å². The van der Waals surface area contributed by atoms with E-state index in [0.717, 1.165) is 48.8 Å². The Bertz CT molecular complexity index is 1470. The number of aryl methyl sites for hydroxylation is 1. The zero-order chi connectivity index (χ0) is 24.9.